The molecule has 4 aromatic rings. The third kappa shape index (κ3) is 4.40. The van der Waals surface area contributed by atoms with E-state index >= 15 is 0 Å². The molecule has 8 rings (SSSR count). The first-order valence-corrected chi connectivity index (χ1v) is 14.4. The highest BCUT2D eigenvalue weighted by molar-refractivity contribution is 6.50. The second kappa shape index (κ2) is 11.1. The fraction of sp³-hybridized carbons (Fsp3) is 0.176. The van der Waals surface area contributed by atoms with Crippen LogP contribution < -0.4 is 47.4 Å². The van der Waals surface area contributed by atoms with Gasteiger partial charge in [0.15, 0.2) is 46.0 Å². The Bertz CT molecular complexity index is 1950. The summed E-state index contributed by atoms with van der Waals surface area (Å²) in [6.07, 6.45) is 0. The van der Waals surface area contributed by atoms with Crippen molar-refractivity contribution in [3.8, 4) is 68.6 Å². The molecule has 242 valence electrons. The van der Waals surface area contributed by atoms with Crippen LogP contribution in [0.1, 0.15) is 41.4 Å². The van der Waals surface area contributed by atoms with Crippen LogP contribution in [0.25, 0.3) is 11.1 Å². The number of ether oxygens (including phenoxy) is 10. The third-order valence-corrected chi connectivity index (χ3v) is 8.06. The standard InChI is InChI=1S/C34H22O14/c1-39-29-19(27(37)25(35)15-3-5-21-23(7-15)43-11-41-21)9-17(31-33(29)47-13-45-31)18-10-20(30(40-2)34-32(18)46-14-48-34)28(38)26(36)16-4-6-22-24(8-16)44-12-42-22/h3-10H,11-14H2,1-2H3. The van der Waals surface area contributed by atoms with E-state index in [2.05, 4.69) is 0 Å². The molecule has 0 N–H and O–H groups in total. The number of Topliss-reactive ketones (excluding diaryl/α,β-unsaturated/α-hetero) is 4. The van der Waals surface area contributed by atoms with E-state index in [1.165, 1.54) is 62.8 Å². The van der Waals surface area contributed by atoms with Crippen LogP contribution in [0.3, 0.4) is 0 Å². The van der Waals surface area contributed by atoms with E-state index in [9.17, 15) is 19.2 Å². The number of hydrogen-bond donors (Lipinski definition) is 0. The molecule has 0 saturated heterocycles. The van der Waals surface area contributed by atoms with Crippen LogP contribution in [0.5, 0.6) is 57.5 Å². The van der Waals surface area contributed by atoms with Crippen LogP contribution in [0.2, 0.25) is 0 Å². The Morgan fingerprint density at radius 3 is 1.25 bits per heavy atom. The van der Waals surface area contributed by atoms with Gasteiger partial charge in [-0.15, -0.1) is 0 Å². The maximum absolute atomic E-state index is 13.9. The first kappa shape index (κ1) is 29.0. The molecule has 4 aromatic carbocycles. The Kier molecular flexibility index (Phi) is 6.72. The number of fused-ring (bicyclic) bond motifs is 4. The molecule has 48 heavy (non-hydrogen) atoms. The van der Waals surface area contributed by atoms with Crippen molar-refractivity contribution in [3.05, 3.63) is 70.8 Å². The van der Waals surface area contributed by atoms with Crippen molar-refractivity contribution in [2.24, 2.45) is 0 Å². The van der Waals surface area contributed by atoms with Crippen LogP contribution in [-0.2, 0) is 0 Å². The third-order valence-electron chi connectivity index (χ3n) is 8.06. The number of methoxy groups -OCH3 is 2. The summed E-state index contributed by atoms with van der Waals surface area (Å²) in [5.74, 6) is -1.75. The molecular weight excluding hydrogens is 632 g/mol. The van der Waals surface area contributed by atoms with Gasteiger partial charge in [-0.2, -0.15) is 0 Å². The van der Waals surface area contributed by atoms with E-state index in [0.717, 1.165) is 0 Å². The molecule has 4 aliphatic heterocycles. The topological polar surface area (TPSA) is 161 Å². The van der Waals surface area contributed by atoms with Crippen LogP contribution in [0.4, 0.5) is 0 Å². The monoisotopic (exact) mass is 654 g/mol. The minimum Gasteiger partial charge on any atom is -0.492 e. The van der Waals surface area contributed by atoms with Crippen molar-refractivity contribution in [1.82, 2.24) is 0 Å². The summed E-state index contributed by atoms with van der Waals surface area (Å²) in [5, 5.41) is 0. The Morgan fingerprint density at radius 2 is 0.833 bits per heavy atom. The lowest BCUT2D eigenvalue weighted by Crippen LogP contribution is -2.16. The molecule has 0 spiro atoms. The van der Waals surface area contributed by atoms with Crippen LogP contribution in [0.15, 0.2) is 48.5 Å². The minimum absolute atomic E-state index is 0.00891. The number of carbonyl (C=O) groups excluding carboxylic acids is 4. The molecular formula is C34H22O14. The van der Waals surface area contributed by atoms with E-state index in [-0.39, 0.29) is 95.0 Å². The van der Waals surface area contributed by atoms with Crippen molar-refractivity contribution in [1.29, 1.82) is 0 Å². The van der Waals surface area contributed by atoms with E-state index in [1.807, 2.05) is 0 Å². The number of hydrogen-bond acceptors (Lipinski definition) is 14. The molecule has 0 radical (unpaired) electrons. The van der Waals surface area contributed by atoms with Crippen molar-refractivity contribution in [2.45, 2.75) is 0 Å². The summed E-state index contributed by atoms with van der Waals surface area (Å²) in [6, 6.07) is 11.5. The zero-order valence-corrected chi connectivity index (χ0v) is 25.2. The fourth-order valence-corrected chi connectivity index (χ4v) is 5.81. The summed E-state index contributed by atoms with van der Waals surface area (Å²) in [4.78, 5) is 54.7. The van der Waals surface area contributed by atoms with E-state index in [0.29, 0.717) is 23.0 Å². The van der Waals surface area contributed by atoms with Crippen molar-refractivity contribution < 1.29 is 66.5 Å². The summed E-state index contributed by atoms with van der Waals surface area (Å²) in [6.45, 7) is -0.497. The normalized spacial score (nSPS) is 14.1. The summed E-state index contributed by atoms with van der Waals surface area (Å²) in [5.41, 5.74) is 0.183. The number of rotatable bonds is 9. The van der Waals surface area contributed by atoms with E-state index in [4.69, 9.17) is 47.4 Å². The van der Waals surface area contributed by atoms with Gasteiger partial charge >= 0.3 is 0 Å². The number of carbonyl (C=O) groups is 4. The molecule has 4 heterocycles. The largest absolute Gasteiger partial charge is 0.492 e. The SMILES string of the molecule is COc1c(C(=O)C(=O)c2ccc3c(c2)OCO3)cc(-c2cc(C(=O)C(=O)c3ccc4c(c3)OCO4)c(OC)c3c2OCO3)c2c1OCO2. The maximum Gasteiger partial charge on any atom is 0.237 e. The molecule has 0 bridgehead atoms. The number of benzene rings is 4. The van der Waals surface area contributed by atoms with Gasteiger partial charge in [-0.25, -0.2) is 0 Å². The van der Waals surface area contributed by atoms with Gasteiger partial charge in [-0.3, -0.25) is 19.2 Å². The highest BCUT2D eigenvalue weighted by atomic mass is 16.7. The number of ketones is 4. The quantitative estimate of drug-likeness (QED) is 0.184. The molecule has 0 amide bonds. The second-order valence-corrected chi connectivity index (χ2v) is 10.6. The summed E-state index contributed by atoms with van der Waals surface area (Å²) in [7, 11) is 2.64. The Morgan fingerprint density at radius 1 is 0.458 bits per heavy atom. The molecule has 0 saturated carbocycles. The molecule has 0 aromatic heterocycles. The van der Waals surface area contributed by atoms with Crippen molar-refractivity contribution in [2.75, 3.05) is 41.4 Å². The Hall–Kier alpha value is -6.44. The van der Waals surface area contributed by atoms with E-state index < -0.39 is 23.1 Å². The fourth-order valence-electron chi connectivity index (χ4n) is 5.81. The lowest BCUT2D eigenvalue weighted by atomic mass is 9.91. The minimum atomic E-state index is -0.929. The lowest BCUT2D eigenvalue weighted by Gasteiger charge is -2.17. The first-order chi connectivity index (χ1) is 23.4. The smallest absolute Gasteiger partial charge is 0.237 e. The average molecular weight is 655 g/mol. The van der Waals surface area contributed by atoms with Crippen molar-refractivity contribution in [3.63, 3.8) is 0 Å². The molecule has 4 aliphatic rings. The van der Waals surface area contributed by atoms with Crippen LogP contribution in [0, 0.1) is 0 Å². The lowest BCUT2D eigenvalue weighted by molar-refractivity contribution is 0.0814. The predicted octanol–water partition coefficient (Wildman–Crippen LogP) is 4.42. The average Bonchev–Trinajstić information content (AvgIpc) is 3.95. The zero-order valence-electron chi connectivity index (χ0n) is 25.2. The molecule has 0 aliphatic carbocycles. The van der Waals surface area contributed by atoms with Gasteiger partial charge in [-0.05, 0) is 48.5 Å². The summed E-state index contributed by atoms with van der Waals surface area (Å²) >= 11 is 0. The predicted molar refractivity (Wildman–Crippen MR) is 160 cm³/mol. The maximum atomic E-state index is 13.9. The Labute approximate surface area is 270 Å². The first-order valence-electron chi connectivity index (χ1n) is 14.4. The highest BCUT2D eigenvalue weighted by Gasteiger charge is 2.37. The van der Waals surface area contributed by atoms with Crippen LogP contribution >= 0.6 is 0 Å². The van der Waals surface area contributed by atoms with Gasteiger partial charge in [-0.1, -0.05) is 0 Å². The molecule has 0 fully saturated rings. The molecule has 0 unspecified atom stereocenters. The van der Waals surface area contributed by atoms with Gasteiger partial charge in [0.1, 0.15) is 0 Å². The second-order valence-electron chi connectivity index (χ2n) is 10.6. The van der Waals surface area contributed by atoms with Gasteiger partial charge in [0.25, 0.3) is 0 Å². The van der Waals surface area contributed by atoms with Crippen LogP contribution in [-0.4, -0.2) is 64.5 Å². The molecule has 0 atom stereocenters. The van der Waals surface area contributed by atoms with Gasteiger partial charge < -0.3 is 47.4 Å². The van der Waals surface area contributed by atoms with Crippen molar-refractivity contribution >= 4 is 23.1 Å². The van der Waals surface area contributed by atoms with Gasteiger partial charge in [0.05, 0.1) is 25.3 Å². The highest BCUT2D eigenvalue weighted by Crippen LogP contribution is 2.56. The van der Waals surface area contributed by atoms with Gasteiger partial charge in [0.2, 0.25) is 61.8 Å². The molecule has 14 heteroatoms. The van der Waals surface area contributed by atoms with Gasteiger partial charge in [0, 0.05) is 22.3 Å². The molecule has 14 nitrogen and oxygen atoms in total. The summed E-state index contributed by atoms with van der Waals surface area (Å²) < 4.78 is 55.5. The Balaban J connectivity index is 1.26. The van der Waals surface area contributed by atoms with E-state index in [1.54, 1.807) is 0 Å². The zero-order chi connectivity index (χ0) is 33.1.